The van der Waals surface area contributed by atoms with Gasteiger partial charge in [0.05, 0.1) is 17.0 Å². The second-order valence-electron chi connectivity index (χ2n) is 12.1. The highest BCUT2D eigenvalue weighted by molar-refractivity contribution is 6.29. The average molecular weight is 619 g/mol. The molecule has 1 unspecified atom stereocenters. The van der Waals surface area contributed by atoms with Crippen molar-refractivity contribution < 1.29 is 43.0 Å². The Hall–Kier alpha value is -3.17. The first-order valence-electron chi connectivity index (χ1n) is 13.9. The predicted molar refractivity (Wildman–Crippen MR) is 151 cm³/mol. The summed E-state index contributed by atoms with van der Waals surface area (Å²) >= 11 is 13.9. The van der Waals surface area contributed by atoms with Crippen molar-refractivity contribution in [1.82, 2.24) is 0 Å². The van der Waals surface area contributed by atoms with Crippen LogP contribution < -0.4 is 0 Å². The van der Waals surface area contributed by atoms with Crippen molar-refractivity contribution in [1.29, 1.82) is 0 Å². The van der Waals surface area contributed by atoms with Gasteiger partial charge in [-0.3, -0.25) is 9.59 Å². The fourth-order valence-corrected chi connectivity index (χ4v) is 9.26. The lowest BCUT2D eigenvalue weighted by atomic mass is 9.45. The number of hydrogen-bond acceptors (Lipinski definition) is 8. The number of halogens is 2. The van der Waals surface area contributed by atoms with Crippen LogP contribution in [0.25, 0.3) is 0 Å². The molecule has 1 aromatic heterocycles. The number of ketones is 2. The smallest absolute Gasteiger partial charge is 0.375 e. The van der Waals surface area contributed by atoms with Gasteiger partial charge in [0, 0.05) is 28.9 Å². The van der Waals surface area contributed by atoms with Gasteiger partial charge in [0.1, 0.15) is 6.10 Å². The zero-order valence-electron chi connectivity index (χ0n) is 23.4. The Morgan fingerprint density at radius 1 is 1.19 bits per heavy atom. The third-order valence-corrected chi connectivity index (χ3v) is 11.4. The molecule has 42 heavy (non-hydrogen) atoms. The number of Topliss-reactive ketones (excluding diaryl/α,β-unsaturated/α-hetero) is 1. The lowest BCUT2D eigenvalue weighted by Gasteiger charge is -2.64. The standard InChI is InChI=1S/C31H32Cl2O9/c1-17-13-21-20-7-6-18-14-19(34)10-11-28(18,2)30(20,33)24(41-26(38)9-8-25(36)37)15-29(21,3)31(17,23(35)16-32)42-27(39)22-5-4-12-40-22/h4-5,8-12,14,17,20-21,24H,6-7,13,15-16H2,1-3H3,(H,36,37)/b9-8+/t17-,20+,21+,24+,28+,29+,30?,31+/m1/s1. The van der Waals surface area contributed by atoms with Gasteiger partial charge in [0.25, 0.3) is 0 Å². The van der Waals surface area contributed by atoms with Crippen LogP contribution in [0.1, 0.15) is 57.0 Å². The minimum Gasteiger partial charge on any atom is -0.478 e. The summed E-state index contributed by atoms with van der Waals surface area (Å²) in [6, 6.07) is 2.98. The number of rotatable bonds is 7. The molecule has 0 aromatic carbocycles. The van der Waals surface area contributed by atoms with Crippen molar-refractivity contribution in [2.75, 3.05) is 5.88 Å². The molecule has 0 amide bonds. The summed E-state index contributed by atoms with van der Waals surface area (Å²) in [6.45, 7) is 5.59. The molecule has 0 aliphatic heterocycles. The topological polar surface area (TPSA) is 137 Å². The normalized spacial score (nSPS) is 38.7. The molecule has 3 saturated carbocycles. The fourth-order valence-electron chi connectivity index (χ4n) is 8.50. The SMILES string of the molecule is C[C@@H]1C[C@H]2[C@@H]3CCC4=CC(=O)C=C[C@]4(C)C3(Cl)[C@@H](OC(=O)/C=C/C(=O)O)C[C@]2(C)[C@@]1(OC(=O)c1ccco1)C(=O)CCl. The highest BCUT2D eigenvalue weighted by atomic mass is 35.5. The fraction of sp³-hybridized carbons (Fsp3) is 0.516. The van der Waals surface area contributed by atoms with Crippen LogP contribution in [-0.4, -0.2) is 57.0 Å². The molecule has 4 aliphatic carbocycles. The Labute approximate surface area is 252 Å². The summed E-state index contributed by atoms with van der Waals surface area (Å²) in [5, 5.41) is 9.06. The van der Waals surface area contributed by atoms with Gasteiger partial charge in [0.2, 0.25) is 5.76 Å². The van der Waals surface area contributed by atoms with Crippen LogP contribution in [0.2, 0.25) is 0 Å². The van der Waals surface area contributed by atoms with E-state index in [1.807, 2.05) is 20.8 Å². The first-order valence-corrected chi connectivity index (χ1v) is 14.8. The highest BCUT2D eigenvalue weighted by Crippen LogP contribution is 2.72. The maximum atomic E-state index is 13.9. The zero-order chi connectivity index (χ0) is 30.7. The van der Waals surface area contributed by atoms with E-state index in [2.05, 4.69) is 0 Å². The minimum atomic E-state index is -1.70. The summed E-state index contributed by atoms with van der Waals surface area (Å²) < 4.78 is 17.4. The first-order chi connectivity index (χ1) is 19.7. The van der Waals surface area contributed by atoms with Crippen molar-refractivity contribution in [3.05, 3.63) is 60.1 Å². The molecule has 3 fully saturated rings. The van der Waals surface area contributed by atoms with E-state index in [4.69, 9.17) is 42.2 Å². The molecule has 1 heterocycles. The lowest BCUT2D eigenvalue weighted by Crippen LogP contribution is -2.70. The quantitative estimate of drug-likeness (QED) is 0.252. The van der Waals surface area contributed by atoms with Gasteiger partial charge in [-0.15, -0.1) is 23.2 Å². The Balaban J connectivity index is 1.66. The second-order valence-corrected chi connectivity index (χ2v) is 13.0. The minimum absolute atomic E-state index is 0.00732. The van der Waals surface area contributed by atoms with E-state index in [9.17, 15) is 24.0 Å². The second kappa shape index (κ2) is 10.5. The molecule has 11 heteroatoms. The van der Waals surface area contributed by atoms with Gasteiger partial charge in [-0.1, -0.05) is 32.4 Å². The molecule has 1 N–H and O–H groups in total. The van der Waals surface area contributed by atoms with Crippen LogP contribution in [-0.2, 0) is 28.7 Å². The van der Waals surface area contributed by atoms with Crippen LogP contribution in [0.3, 0.4) is 0 Å². The Morgan fingerprint density at radius 2 is 1.93 bits per heavy atom. The summed E-state index contributed by atoms with van der Waals surface area (Å²) in [7, 11) is 0. The van der Waals surface area contributed by atoms with Crippen molar-refractivity contribution in [2.24, 2.45) is 28.6 Å². The third-order valence-electron chi connectivity index (χ3n) is 10.3. The van der Waals surface area contributed by atoms with Crippen molar-refractivity contribution in [3.8, 4) is 0 Å². The van der Waals surface area contributed by atoms with Crippen molar-refractivity contribution >= 4 is 52.7 Å². The van der Waals surface area contributed by atoms with E-state index < -0.39 is 62.9 Å². The average Bonchev–Trinajstić information content (AvgIpc) is 3.55. The molecule has 9 nitrogen and oxygen atoms in total. The van der Waals surface area contributed by atoms with E-state index in [-0.39, 0.29) is 29.8 Å². The van der Waals surface area contributed by atoms with Gasteiger partial charge in [0.15, 0.2) is 17.2 Å². The number of furan rings is 1. The number of carbonyl (C=O) groups excluding carboxylic acids is 4. The number of aliphatic carboxylic acids is 1. The molecule has 0 spiro atoms. The summed E-state index contributed by atoms with van der Waals surface area (Å²) in [6.07, 6.45) is 8.07. The summed E-state index contributed by atoms with van der Waals surface area (Å²) in [5.41, 5.74) is -2.87. The number of allylic oxidation sites excluding steroid dienone is 4. The molecule has 1 aromatic rings. The van der Waals surface area contributed by atoms with Crippen LogP contribution >= 0.6 is 23.2 Å². The van der Waals surface area contributed by atoms with E-state index in [1.54, 1.807) is 12.2 Å². The first kappa shape index (κ1) is 30.3. The number of alkyl halides is 2. The monoisotopic (exact) mass is 618 g/mol. The number of carbonyl (C=O) groups is 5. The molecule has 0 bridgehead atoms. The van der Waals surface area contributed by atoms with Crippen LogP contribution in [0.15, 0.2) is 58.8 Å². The molecule has 8 atom stereocenters. The Morgan fingerprint density at radius 3 is 2.57 bits per heavy atom. The van der Waals surface area contributed by atoms with Gasteiger partial charge >= 0.3 is 17.9 Å². The molecular weight excluding hydrogens is 587 g/mol. The summed E-state index contributed by atoms with van der Waals surface area (Å²) in [5.74, 6) is -5.30. The molecule has 0 radical (unpaired) electrons. The number of esters is 2. The molecule has 5 rings (SSSR count). The van der Waals surface area contributed by atoms with E-state index in [0.29, 0.717) is 25.3 Å². The van der Waals surface area contributed by atoms with E-state index in [0.717, 1.165) is 11.6 Å². The maximum absolute atomic E-state index is 13.9. The van der Waals surface area contributed by atoms with Crippen LogP contribution in [0.5, 0.6) is 0 Å². The number of hydrogen-bond donors (Lipinski definition) is 1. The maximum Gasteiger partial charge on any atom is 0.375 e. The lowest BCUT2D eigenvalue weighted by molar-refractivity contribution is -0.187. The zero-order valence-corrected chi connectivity index (χ0v) is 24.9. The molecular formula is C31H32Cl2O9. The number of carboxylic acid groups (broad SMARTS) is 1. The van der Waals surface area contributed by atoms with Gasteiger partial charge in [-0.05, 0) is 61.8 Å². The van der Waals surface area contributed by atoms with E-state index >= 15 is 0 Å². The highest BCUT2D eigenvalue weighted by Gasteiger charge is 2.77. The van der Waals surface area contributed by atoms with Crippen molar-refractivity contribution in [3.63, 3.8) is 0 Å². The largest absolute Gasteiger partial charge is 0.478 e. The number of carboxylic acids is 1. The van der Waals surface area contributed by atoms with Gasteiger partial charge in [-0.2, -0.15) is 0 Å². The van der Waals surface area contributed by atoms with Crippen LogP contribution in [0.4, 0.5) is 0 Å². The van der Waals surface area contributed by atoms with E-state index in [1.165, 1.54) is 24.5 Å². The molecule has 0 saturated heterocycles. The van der Waals surface area contributed by atoms with Gasteiger partial charge < -0.3 is 19.0 Å². The summed E-state index contributed by atoms with van der Waals surface area (Å²) in [4.78, 5) is 62.4. The number of ether oxygens (including phenoxy) is 2. The molecule has 4 aliphatic rings. The van der Waals surface area contributed by atoms with Gasteiger partial charge in [-0.25, -0.2) is 14.4 Å². The third kappa shape index (κ3) is 4.22. The predicted octanol–water partition coefficient (Wildman–Crippen LogP) is 5.06. The number of fused-ring (bicyclic) bond motifs is 5. The Kier molecular flexibility index (Phi) is 7.59. The molecule has 224 valence electrons. The van der Waals surface area contributed by atoms with Crippen molar-refractivity contribution in [2.45, 2.75) is 63.0 Å². The van der Waals surface area contributed by atoms with Crippen LogP contribution in [0, 0.1) is 28.6 Å². The Bertz CT molecular complexity index is 1430.